The summed E-state index contributed by atoms with van der Waals surface area (Å²) in [5.41, 5.74) is 5.34. The van der Waals surface area contributed by atoms with Crippen LogP contribution in [0.1, 0.15) is 6.42 Å². The van der Waals surface area contributed by atoms with E-state index in [1.54, 1.807) is 0 Å². The highest BCUT2D eigenvalue weighted by atomic mass is 35.5. The van der Waals surface area contributed by atoms with E-state index in [2.05, 4.69) is 5.32 Å². The summed E-state index contributed by atoms with van der Waals surface area (Å²) >= 11 is 0. The molecule has 5 heteroatoms. The molecular weight excluding hydrogens is 163 g/mol. The van der Waals surface area contributed by atoms with E-state index in [1.165, 1.54) is 0 Å². The quantitative estimate of drug-likeness (QED) is 0.527. The van der Waals surface area contributed by atoms with Gasteiger partial charge in [0.1, 0.15) is 0 Å². The average molecular weight is 173 g/mol. The van der Waals surface area contributed by atoms with Crippen molar-refractivity contribution in [3.63, 3.8) is 0 Å². The Balaban J connectivity index is 0. The summed E-state index contributed by atoms with van der Waals surface area (Å²) in [5.74, 6) is 0.0764. The Labute approximate surface area is 66.2 Å². The van der Waals surface area contributed by atoms with Gasteiger partial charge in [0.05, 0.1) is 0 Å². The van der Waals surface area contributed by atoms with Crippen molar-refractivity contribution in [1.29, 1.82) is 0 Å². The van der Waals surface area contributed by atoms with E-state index in [4.69, 9.17) is 5.73 Å². The molecule has 0 aromatic heterocycles. The molecule has 1 aliphatic rings. The van der Waals surface area contributed by atoms with E-state index in [0.717, 1.165) is 0 Å². The lowest BCUT2D eigenvalue weighted by Crippen LogP contribution is -2.22. The van der Waals surface area contributed by atoms with Crippen LogP contribution < -0.4 is 11.1 Å². The third kappa shape index (κ3) is 3.56. The van der Waals surface area contributed by atoms with E-state index >= 15 is 0 Å². The van der Waals surface area contributed by atoms with E-state index in [-0.39, 0.29) is 36.8 Å². The van der Waals surface area contributed by atoms with Crippen LogP contribution in [0.5, 0.6) is 0 Å². The zero-order valence-electron chi connectivity index (χ0n) is 4.79. The number of nitrogens with two attached hydrogens (primary N) is 1. The summed E-state index contributed by atoms with van der Waals surface area (Å²) in [6, 6.07) is 0.0625. The molecule has 1 atom stereocenters. The van der Waals surface area contributed by atoms with Crippen molar-refractivity contribution in [1.82, 2.24) is 5.32 Å². The molecule has 3 nitrogen and oxygen atoms in total. The van der Waals surface area contributed by atoms with Gasteiger partial charge in [0.2, 0.25) is 5.91 Å². The van der Waals surface area contributed by atoms with Gasteiger partial charge in [-0.05, 0) is 0 Å². The van der Waals surface area contributed by atoms with Crippen LogP contribution in [-0.4, -0.2) is 18.5 Å². The monoisotopic (exact) mass is 172 g/mol. The molecule has 0 bridgehead atoms. The molecular formula is C4H10Cl2N2O. The van der Waals surface area contributed by atoms with Crippen molar-refractivity contribution < 1.29 is 4.79 Å². The normalized spacial score (nSPS) is 23.7. The number of hydrogen-bond acceptors (Lipinski definition) is 2. The van der Waals surface area contributed by atoms with Crippen LogP contribution in [-0.2, 0) is 4.79 Å². The highest BCUT2D eigenvalue weighted by Crippen LogP contribution is 1.92. The van der Waals surface area contributed by atoms with Crippen LogP contribution in [0.15, 0.2) is 0 Å². The van der Waals surface area contributed by atoms with Crippen LogP contribution >= 0.6 is 24.8 Å². The summed E-state index contributed by atoms with van der Waals surface area (Å²) in [6.07, 6.45) is 0.500. The number of nitrogens with one attached hydrogen (secondary N) is 1. The predicted octanol–water partition coefficient (Wildman–Crippen LogP) is -0.323. The molecule has 1 aliphatic heterocycles. The van der Waals surface area contributed by atoms with Gasteiger partial charge >= 0.3 is 0 Å². The SMILES string of the molecule is Cl.Cl.N[C@@H]1CNC(=O)C1. The van der Waals surface area contributed by atoms with E-state index < -0.39 is 0 Å². The molecule has 0 aromatic carbocycles. The minimum atomic E-state index is 0. The van der Waals surface area contributed by atoms with Gasteiger partial charge in [-0.3, -0.25) is 4.79 Å². The van der Waals surface area contributed by atoms with Crippen molar-refractivity contribution in [2.45, 2.75) is 12.5 Å². The Kier molecular flexibility index (Phi) is 6.34. The maximum Gasteiger partial charge on any atom is 0.221 e. The maximum atomic E-state index is 10.3. The minimum Gasteiger partial charge on any atom is -0.354 e. The number of hydrogen-bond donors (Lipinski definition) is 2. The second kappa shape index (κ2) is 4.85. The predicted molar refractivity (Wildman–Crippen MR) is 40.1 cm³/mol. The lowest BCUT2D eigenvalue weighted by molar-refractivity contribution is -0.119. The van der Waals surface area contributed by atoms with Crippen molar-refractivity contribution in [2.75, 3.05) is 6.54 Å². The van der Waals surface area contributed by atoms with Crippen molar-refractivity contribution in [3.8, 4) is 0 Å². The first kappa shape index (κ1) is 11.8. The highest BCUT2D eigenvalue weighted by Gasteiger charge is 2.15. The third-order valence-corrected chi connectivity index (χ3v) is 1.01. The molecule has 0 aromatic rings. The molecule has 3 N–H and O–H groups in total. The Hall–Kier alpha value is 0.01000. The zero-order chi connectivity index (χ0) is 5.28. The largest absolute Gasteiger partial charge is 0.354 e. The molecule has 1 amide bonds. The van der Waals surface area contributed by atoms with Gasteiger partial charge in [0.25, 0.3) is 0 Å². The Bertz CT molecular complexity index is 98.6. The zero-order valence-corrected chi connectivity index (χ0v) is 6.43. The van der Waals surface area contributed by atoms with Crippen LogP contribution in [0.2, 0.25) is 0 Å². The molecule has 0 unspecified atom stereocenters. The van der Waals surface area contributed by atoms with Crippen molar-refractivity contribution in [3.05, 3.63) is 0 Å². The number of carbonyl (C=O) groups excluding carboxylic acids is 1. The first-order valence-electron chi connectivity index (χ1n) is 2.31. The fourth-order valence-corrected chi connectivity index (χ4v) is 0.627. The van der Waals surface area contributed by atoms with Crippen LogP contribution in [0.25, 0.3) is 0 Å². The van der Waals surface area contributed by atoms with Gasteiger partial charge in [0.15, 0.2) is 0 Å². The second-order valence-corrected chi connectivity index (χ2v) is 1.77. The van der Waals surface area contributed by atoms with Gasteiger partial charge < -0.3 is 11.1 Å². The summed E-state index contributed by atoms with van der Waals surface area (Å²) in [4.78, 5) is 10.3. The second-order valence-electron chi connectivity index (χ2n) is 1.77. The van der Waals surface area contributed by atoms with Gasteiger partial charge in [-0.25, -0.2) is 0 Å². The Morgan fingerprint density at radius 2 is 2.11 bits per heavy atom. The van der Waals surface area contributed by atoms with E-state index in [9.17, 15) is 4.79 Å². The average Bonchev–Trinajstić information content (AvgIpc) is 1.87. The van der Waals surface area contributed by atoms with Crippen molar-refractivity contribution in [2.24, 2.45) is 5.73 Å². The first-order chi connectivity index (χ1) is 3.29. The number of amides is 1. The molecule has 56 valence electrons. The standard InChI is InChI=1S/C4H8N2O.2ClH/c5-3-1-4(7)6-2-3;;/h3H,1-2,5H2,(H,6,7);2*1H/t3-;;/m0../s1. The Morgan fingerprint density at radius 3 is 2.22 bits per heavy atom. The van der Waals surface area contributed by atoms with Crippen molar-refractivity contribution >= 4 is 30.7 Å². The summed E-state index contributed by atoms with van der Waals surface area (Å²) in [5, 5.41) is 2.61. The molecule has 0 spiro atoms. The van der Waals surface area contributed by atoms with Gasteiger partial charge in [-0.1, -0.05) is 0 Å². The van der Waals surface area contributed by atoms with Crippen LogP contribution in [0, 0.1) is 0 Å². The van der Waals surface area contributed by atoms with Gasteiger partial charge in [-0.2, -0.15) is 0 Å². The minimum absolute atomic E-state index is 0. The molecule has 0 radical (unpaired) electrons. The number of halogens is 2. The summed E-state index contributed by atoms with van der Waals surface area (Å²) in [6.45, 7) is 0.652. The van der Waals surface area contributed by atoms with E-state index in [0.29, 0.717) is 13.0 Å². The molecule has 1 fully saturated rings. The Morgan fingerprint density at radius 1 is 1.56 bits per heavy atom. The fraction of sp³-hybridized carbons (Fsp3) is 0.750. The first-order valence-corrected chi connectivity index (χ1v) is 2.31. The van der Waals surface area contributed by atoms with Crippen LogP contribution in [0.3, 0.4) is 0 Å². The van der Waals surface area contributed by atoms with Gasteiger partial charge in [-0.15, -0.1) is 24.8 Å². The molecule has 0 aliphatic carbocycles. The highest BCUT2D eigenvalue weighted by molar-refractivity contribution is 5.85. The fourth-order valence-electron chi connectivity index (χ4n) is 0.627. The maximum absolute atomic E-state index is 10.3. The smallest absolute Gasteiger partial charge is 0.221 e. The van der Waals surface area contributed by atoms with E-state index in [1.807, 2.05) is 0 Å². The molecule has 1 saturated heterocycles. The van der Waals surface area contributed by atoms with Gasteiger partial charge in [0, 0.05) is 19.0 Å². The summed E-state index contributed by atoms with van der Waals surface area (Å²) < 4.78 is 0. The van der Waals surface area contributed by atoms with Crippen LogP contribution in [0.4, 0.5) is 0 Å². The third-order valence-electron chi connectivity index (χ3n) is 1.01. The topological polar surface area (TPSA) is 55.1 Å². The molecule has 1 rings (SSSR count). The number of carbonyl (C=O) groups is 1. The summed E-state index contributed by atoms with van der Waals surface area (Å²) in [7, 11) is 0. The number of rotatable bonds is 0. The molecule has 1 heterocycles. The molecule has 0 saturated carbocycles. The lowest BCUT2D eigenvalue weighted by atomic mass is 10.3. The molecule has 9 heavy (non-hydrogen) atoms. The lowest BCUT2D eigenvalue weighted by Gasteiger charge is -1.90.